The first-order chi connectivity index (χ1) is 5.52. The van der Waals surface area contributed by atoms with Crippen molar-refractivity contribution in [3.8, 4) is 0 Å². The summed E-state index contributed by atoms with van der Waals surface area (Å²) in [6.07, 6.45) is 1.87. The van der Waals surface area contributed by atoms with Gasteiger partial charge in [-0.05, 0) is 37.8 Å². The van der Waals surface area contributed by atoms with Gasteiger partial charge in [0, 0.05) is 12.1 Å². The zero-order chi connectivity index (χ0) is 9.30. The quantitative estimate of drug-likeness (QED) is 0.617. The van der Waals surface area contributed by atoms with Crippen LogP contribution in [0, 0.1) is 0 Å². The van der Waals surface area contributed by atoms with Crippen LogP contribution in [0.15, 0.2) is 23.3 Å². The Morgan fingerprint density at radius 2 is 2.08 bits per heavy atom. The lowest BCUT2D eigenvalue weighted by atomic mass is 9.83. The van der Waals surface area contributed by atoms with Gasteiger partial charge in [-0.15, -0.1) is 0 Å². The lowest BCUT2D eigenvalue weighted by Gasteiger charge is -2.27. The third-order valence-corrected chi connectivity index (χ3v) is 2.37. The van der Waals surface area contributed by atoms with E-state index in [9.17, 15) is 0 Å². The summed E-state index contributed by atoms with van der Waals surface area (Å²) in [6, 6.07) is 0.352. The van der Waals surface area contributed by atoms with E-state index in [1.54, 1.807) is 0 Å². The van der Waals surface area contributed by atoms with Gasteiger partial charge >= 0.3 is 0 Å². The maximum atomic E-state index is 5.84. The smallest absolute Gasteiger partial charge is 0.0268 e. The second-order valence-electron chi connectivity index (χ2n) is 3.75. The molecule has 0 amide bonds. The van der Waals surface area contributed by atoms with Crippen molar-refractivity contribution in [2.45, 2.75) is 38.8 Å². The van der Waals surface area contributed by atoms with Gasteiger partial charge in [0.05, 0.1) is 0 Å². The van der Waals surface area contributed by atoms with Gasteiger partial charge in [0.25, 0.3) is 0 Å². The van der Waals surface area contributed by atoms with Crippen LogP contribution in [0.3, 0.4) is 0 Å². The van der Waals surface area contributed by atoms with E-state index in [1.165, 1.54) is 11.1 Å². The fourth-order valence-electron chi connectivity index (χ4n) is 2.01. The van der Waals surface area contributed by atoms with Crippen molar-refractivity contribution in [2.75, 3.05) is 0 Å². The van der Waals surface area contributed by atoms with Crippen LogP contribution in [0.5, 0.6) is 0 Å². The van der Waals surface area contributed by atoms with Crippen molar-refractivity contribution < 1.29 is 0 Å². The Balaban J connectivity index is 2.93. The standard InChI is InChI=1S/C10H18N2/c1-6-4-9(12)5-7(2)10(6)8(3)11/h8-9H,1,4-5,11-12H2,2-3H3. The van der Waals surface area contributed by atoms with Crippen LogP contribution in [0.2, 0.25) is 0 Å². The van der Waals surface area contributed by atoms with E-state index in [1.807, 2.05) is 6.92 Å². The first-order valence-electron chi connectivity index (χ1n) is 4.41. The molecule has 0 aromatic heterocycles. The van der Waals surface area contributed by atoms with E-state index in [2.05, 4.69) is 13.5 Å². The maximum Gasteiger partial charge on any atom is 0.0268 e. The molecule has 2 unspecified atom stereocenters. The van der Waals surface area contributed by atoms with Crippen LogP contribution in [0.25, 0.3) is 0 Å². The highest BCUT2D eigenvalue weighted by molar-refractivity contribution is 5.39. The van der Waals surface area contributed by atoms with E-state index >= 15 is 0 Å². The van der Waals surface area contributed by atoms with Crippen molar-refractivity contribution in [1.29, 1.82) is 0 Å². The summed E-state index contributed by atoms with van der Waals surface area (Å²) in [5, 5.41) is 0. The topological polar surface area (TPSA) is 52.0 Å². The number of hydrogen-bond donors (Lipinski definition) is 2. The van der Waals surface area contributed by atoms with Crippen LogP contribution in [-0.4, -0.2) is 12.1 Å². The minimum atomic E-state index is 0.102. The molecule has 0 aromatic rings. The third kappa shape index (κ3) is 1.76. The van der Waals surface area contributed by atoms with Crippen LogP contribution in [-0.2, 0) is 0 Å². The van der Waals surface area contributed by atoms with Crippen molar-refractivity contribution in [1.82, 2.24) is 0 Å². The first-order valence-corrected chi connectivity index (χ1v) is 4.41. The summed E-state index contributed by atoms with van der Waals surface area (Å²) in [7, 11) is 0. The summed E-state index contributed by atoms with van der Waals surface area (Å²) in [5.74, 6) is 0. The van der Waals surface area contributed by atoms with Crippen LogP contribution in [0.4, 0.5) is 0 Å². The number of hydrogen-bond acceptors (Lipinski definition) is 2. The average molecular weight is 166 g/mol. The number of rotatable bonds is 1. The molecule has 0 aromatic carbocycles. The molecule has 1 rings (SSSR count). The monoisotopic (exact) mass is 166 g/mol. The lowest BCUT2D eigenvalue weighted by molar-refractivity contribution is 0.616. The number of nitrogens with two attached hydrogens (primary N) is 2. The molecule has 0 aliphatic heterocycles. The largest absolute Gasteiger partial charge is 0.327 e. The van der Waals surface area contributed by atoms with Gasteiger partial charge in [0.2, 0.25) is 0 Å². The molecule has 0 radical (unpaired) electrons. The Bertz CT molecular complexity index is 226. The second-order valence-corrected chi connectivity index (χ2v) is 3.75. The van der Waals surface area contributed by atoms with E-state index in [0.717, 1.165) is 18.4 Å². The zero-order valence-electron chi connectivity index (χ0n) is 7.93. The van der Waals surface area contributed by atoms with E-state index < -0.39 is 0 Å². The predicted molar refractivity (Wildman–Crippen MR) is 52.7 cm³/mol. The molecule has 1 aliphatic rings. The lowest BCUT2D eigenvalue weighted by Crippen LogP contribution is -2.30. The van der Waals surface area contributed by atoms with Crippen molar-refractivity contribution in [3.05, 3.63) is 23.3 Å². The summed E-state index contributed by atoms with van der Waals surface area (Å²) >= 11 is 0. The van der Waals surface area contributed by atoms with Crippen molar-refractivity contribution in [2.24, 2.45) is 11.5 Å². The van der Waals surface area contributed by atoms with Gasteiger partial charge in [0.15, 0.2) is 0 Å². The molecule has 12 heavy (non-hydrogen) atoms. The minimum absolute atomic E-state index is 0.102. The van der Waals surface area contributed by atoms with Crippen molar-refractivity contribution in [3.63, 3.8) is 0 Å². The Morgan fingerprint density at radius 3 is 2.50 bits per heavy atom. The van der Waals surface area contributed by atoms with Gasteiger partial charge < -0.3 is 11.5 Å². The van der Waals surface area contributed by atoms with E-state index in [-0.39, 0.29) is 12.1 Å². The molecule has 0 spiro atoms. The van der Waals surface area contributed by atoms with E-state index in [4.69, 9.17) is 11.5 Å². The predicted octanol–water partition coefficient (Wildman–Crippen LogP) is 1.33. The Labute approximate surface area is 74.3 Å². The average Bonchev–Trinajstić information content (AvgIpc) is 1.82. The van der Waals surface area contributed by atoms with Crippen molar-refractivity contribution >= 4 is 0 Å². The molecule has 2 atom stereocenters. The zero-order valence-corrected chi connectivity index (χ0v) is 7.93. The molecule has 0 fully saturated rings. The molecule has 0 saturated heterocycles. The Kier molecular flexibility index (Phi) is 2.70. The highest BCUT2D eigenvalue weighted by Crippen LogP contribution is 2.28. The molecule has 68 valence electrons. The fourth-order valence-corrected chi connectivity index (χ4v) is 2.01. The first kappa shape index (κ1) is 9.49. The molecule has 2 nitrogen and oxygen atoms in total. The van der Waals surface area contributed by atoms with Crippen LogP contribution < -0.4 is 11.5 Å². The molecular weight excluding hydrogens is 148 g/mol. The summed E-state index contributed by atoms with van der Waals surface area (Å²) < 4.78 is 0. The van der Waals surface area contributed by atoms with Gasteiger partial charge in [-0.1, -0.05) is 12.2 Å². The van der Waals surface area contributed by atoms with Gasteiger partial charge in [-0.2, -0.15) is 0 Å². The van der Waals surface area contributed by atoms with Crippen LogP contribution in [0.1, 0.15) is 26.7 Å². The van der Waals surface area contributed by atoms with Gasteiger partial charge in [0.1, 0.15) is 0 Å². The third-order valence-electron chi connectivity index (χ3n) is 2.37. The Hall–Kier alpha value is -0.600. The highest BCUT2D eigenvalue weighted by Gasteiger charge is 2.20. The second kappa shape index (κ2) is 3.42. The molecule has 4 N–H and O–H groups in total. The summed E-state index contributed by atoms with van der Waals surface area (Å²) in [4.78, 5) is 0. The summed E-state index contributed by atoms with van der Waals surface area (Å²) in [6.45, 7) is 8.10. The molecular formula is C10H18N2. The molecule has 2 heteroatoms. The van der Waals surface area contributed by atoms with Crippen LogP contribution >= 0.6 is 0 Å². The molecule has 1 aliphatic carbocycles. The summed E-state index contributed by atoms with van der Waals surface area (Å²) in [5.41, 5.74) is 15.3. The van der Waals surface area contributed by atoms with E-state index in [0.29, 0.717) is 0 Å². The molecule has 0 saturated carbocycles. The minimum Gasteiger partial charge on any atom is -0.327 e. The molecule has 0 heterocycles. The van der Waals surface area contributed by atoms with Gasteiger partial charge in [-0.3, -0.25) is 0 Å². The SMILES string of the molecule is C=C1CC(N)CC(C)=C1C(C)N. The highest BCUT2D eigenvalue weighted by atomic mass is 14.7. The molecule has 0 bridgehead atoms. The fraction of sp³-hybridized carbons (Fsp3) is 0.600. The van der Waals surface area contributed by atoms with Gasteiger partial charge in [-0.25, -0.2) is 0 Å². The normalized spacial score (nSPS) is 27.7. The Morgan fingerprint density at radius 1 is 1.50 bits per heavy atom. The maximum absolute atomic E-state index is 5.84.